The van der Waals surface area contributed by atoms with Gasteiger partial charge in [0.1, 0.15) is 0 Å². The van der Waals surface area contributed by atoms with E-state index in [9.17, 15) is 9.59 Å². The molecule has 0 N–H and O–H groups in total. The predicted molar refractivity (Wildman–Crippen MR) is 39.7 cm³/mol. The van der Waals surface area contributed by atoms with Gasteiger partial charge in [-0.2, -0.15) is 12.6 Å². The van der Waals surface area contributed by atoms with Crippen LogP contribution in [0.3, 0.4) is 0 Å². The number of carbonyl (C=O) groups is 2. The third kappa shape index (κ3) is 1.03. The summed E-state index contributed by atoms with van der Waals surface area (Å²) in [6.07, 6.45) is 0.332. The Hall–Kier alpha value is -0.510. The van der Waals surface area contributed by atoms with Gasteiger partial charge in [-0.25, -0.2) is 0 Å². The molecule has 3 nitrogen and oxygen atoms in total. The summed E-state index contributed by atoms with van der Waals surface area (Å²) in [6, 6.07) is 0. The lowest BCUT2D eigenvalue weighted by atomic mass is 10.1. The maximum absolute atomic E-state index is 11.0. The van der Waals surface area contributed by atoms with E-state index >= 15 is 0 Å². The van der Waals surface area contributed by atoms with Gasteiger partial charge >= 0.3 is 0 Å². The SMILES string of the molecule is CN1C(=O)CC(CS)C1=O. The Morgan fingerprint density at radius 3 is 2.50 bits per heavy atom. The van der Waals surface area contributed by atoms with Crippen LogP contribution in [0.15, 0.2) is 0 Å². The molecular weight excluding hydrogens is 150 g/mol. The Bertz CT molecular complexity index is 181. The summed E-state index contributed by atoms with van der Waals surface area (Å²) in [7, 11) is 1.51. The number of likely N-dealkylation sites (tertiary alicyclic amines) is 1. The van der Waals surface area contributed by atoms with Gasteiger partial charge in [-0.15, -0.1) is 0 Å². The molecule has 0 spiro atoms. The normalized spacial score (nSPS) is 26.2. The number of nitrogens with zero attached hydrogens (tertiary/aromatic N) is 1. The van der Waals surface area contributed by atoms with Crippen LogP contribution in [0.25, 0.3) is 0 Å². The van der Waals surface area contributed by atoms with Gasteiger partial charge in [0.05, 0.1) is 5.92 Å². The lowest BCUT2D eigenvalue weighted by Crippen LogP contribution is -2.26. The fraction of sp³-hybridized carbons (Fsp3) is 0.667. The average Bonchev–Trinajstić information content (AvgIpc) is 2.17. The maximum Gasteiger partial charge on any atom is 0.233 e. The molecule has 1 saturated heterocycles. The Morgan fingerprint density at radius 2 is 2.30 bits per heavy atom. The van der Waals surface area contributed by atoms with Crippen molar-refractivity contribution < 1.29 is 9.59 Å². The Kier molecular flexibility index (Phi) is 1.99. The van der Waals surface area contributed by atoms with Gasteiger partial charge < -0.3 is 0 Å². The molecule has 1 heterocycles. The van der Waals surface area contributed by atoms with Crippen LogP contribution in [0.5, 0.6) is 0 Å². The number of rotatable bonds is 1. The first-order valence-electron chi connectivity index (χ1n) is 3.08. The van der Waals surface area contributed by atoms with Gasteiger partial charge in [-0.3, -0.25) is 14.5 Å². The third-order valence-electron chi connectivity index (χ3n) is 1.70. The smallest absolute Gasteiger partial charge is 0.233 e. The van der Waals surface area contributed by atoms with Crippen molar-refractivity contribution in [2.75, 3.05) is 12.8 Å². The molecule has 0 aromatic carbocycles. The number of amides is 2. The van der Waals surface area contributed by atoms with E-state index in [1.54, 1.807) is 0 Å². The van der Waals surface area contributed by atoms with Crippen LogP contribution in [0.1, 0.15) is 6.42 Å². The van der Waals surface area contributed by atoms with Crippen LogP contribution in [0.4, 0.5) is 0 Å². The van der Waals surface area contributed by atoms with Crippen molar-refractivity contribution in [3.05, 3.63) is 0 Å². The third-order valence-corrected chi connectivity index (χ3v) is 2.14. The van der Waals surface area contributed by atoms with Crippen molar-refractivity contribution in [1.82, 2.24) is 4.90 Å². The van der Waals surface area contributed by atoms with Crippen LogP contribution in [0, 0.1) is 5.92 Å². The molecule has 1 atom stereocenters. The number of thiol groups is 1. The number of hydrogen-bond donors (Lipinski definition) is 1. The number of imide groups is 1. The van der Waals surface area contributed by atoms with Crippen molar-refractivity contribution in [1.29, 1.82) is 0 Å². The molecule has 56 valence electrons. The van der Waals surface area contributed by atoms with Crippen LogP contribution in [-0.2, 0) is 9.59 Å². The van der Waals surface area contributed by atoms with E-state index in [0.717, 1.165) is 0 Å². The van der Waals surface area contributed by atoms with E-state index in [1.807, 2.05) is 0 Å². The van der Waals surface area contributed by atoms with Gasteiger partial charge in [0.25, 0.3) is 0 Å². The first kappa shape index (κ1) is 7.60. The van der Waals surface area contributed by atoms with Gasteiger partial charge in [0, 0.05) is 19.2 Å². The maximum atomic E-state index is 11.0. The van der Waals surface area contributed by atoms with Gasteiger partial charge in [0.15, 0.2) is 0 Å². The van der Waals surface area contributed by atoms with Crippen molar-refractivity contribution in [2.45, 2.75) is 6.42 Å². The molecule has 1 fully saturated rings. The molecule has 1 aliphatic rings. The highest BCUT2D eigenvalue weighted by molar-refractivity contribution is 7.80. The molecular formula is C6H9NO2S. The summed E-state index contributed by atoms with van der Waals surface area (Å²) < 4.78 is 0. The zero-order chi connectivity index (χ0) is 7.72. The minimum absolute atomic E-state index is 0.0935. The topological polar surface area (TPSA) is 37.4 Å². The molecule has 0 aliphatic carbocycles. The van der Waals surface area contributed by atoms with E-state index < -0.39 is 0 Å². The summed E-state index contributed by atoms with van der Waals surface area (Å²) in [6.45, 7) is 0. The molecule has 0 radical (unpaired) electrons. The zero-order valence-electron chi connectivity index (χ0n) is 5.70. The highest BCUT2D eigenvalue weighted by Gasteiger charge is 2.34. The fourth-order valence-electron chi connectivity index (χ4n) is 0.974. The molecule has 0 aromatic heterocycles. The molecule has 2 amide bonds. The van der Waals surface area contributed by atoms with E-state index in [2.05, 4.69) is 12.6 Å². The largest absolute Gasteiger partial charge is 0.285 e. The van der Waals surface area contributed by atoms with Crippen molar-refractivity contribution in [2.24, 2.45) is 5.92 Å². The van der Waals surface area contributed by atoms with E-state index in [0.29, 0.717) is 12.2 Å². The standard InChI is InChI=1S/C6H9NO2S/c1-7-5(8)2-4(3-10)6(7)9/h4,10H,2-3H2,1H3. The summed E-state index contributed by atoms with van der Waals surface area (Å²) in [5.74, 6) is 0.0967. The van der Waals surface area contributed by atoms with Crippen molar-refractivity contribution in [3.8, 4) is 0 Å². The lowest BCUT2D eigenvalue weighted by Gasteiger charge is -2.04. The van der Waals surface area contributed by atoms with Gasteiger partial charge in [-0.1, -0.05) is 0 Å². The van der Waals surface area contributed by atoms with Gasteiger partial charge in [-0.05, 0) is 0 Å². The quantitative estimate of drug-likeness (QED) is 0.429. The zero-order valence-corrected chi connectivity index (χ0v) is 6.60. The highest BCUT2D eigenvalue weighted by Crippen LogP contribution is 2.18. The summed E-state index contributed by atoms with van der Waals surface area (Å²) in [5, 5.41) is 0. The number of hydrogen-bond acceptors (Lipinski definition) is 3. The summed E-state index contributed by atoms with van der Waals surface area (Å²) in [5.41, 5.74) is 0. The predicted octanol–water partition coefficient (Wildman–Crippen LogP) is -0.0789. The van der Waals surface area contributed by atoms with Crippen LogP contribution in [-0.4, -0.2) is 29.5 Å². The monoisotopic (exact) mass is 159 g/mol. The second kappa shape index (κ2) is 2.62. The van der Waals surface area contributed by atoms with Crippen molar-refractivity contribution in [3.63, 3.8) is 0 Å². The first-order valence-corrected chi connectivity index (χ1v) is 3.71. The minimum atomic E-state index is -0.180. The lowest BCUT2D eigenvalue weighted by molar-refractivity contribution is -0.137. The molecule has 4 heteroatoms. The van der Waals surface area contributed by atoms with Crippen molar-refractivity contribution >= 4 is 24.4 Å². The van der Waals surface area contributed by atoms with E-state index in [1.165, 1.54) is 11.9 Å². The van der Waals surface area contributed by atoms with E-state index in [-0.39, 0.29) is 17.7 Å². The Balaban J connectivity index is 2.71. The molecule has 0 aromatic rings. The average molecular weight is 159 g/mol. The van der Waals surface area contributed by atoms with Gasteiger partial charge in [0.2, 0.25) is 11.8 Å². The second-order valence-corrected chi connectivity index (χ2v) is 2.74. The van der Waals surface area contributed by atoms with E-state index in [4.69, 9.17) is 0 Å². The Morgan fingerprint density at radius 1 is 1.70 bits per heavy atom. The van der Waals surface area contributed by atoms with Crippen LogP contribution >= 0.6 is 12.6 Å². The van der Waals surface area contributed by atoms with Crippen LogP contribution in [0.2, 0.25) is 0 Å². The highest BCUT2D eigenvalue weighted by atomic mass is 32.1. The fourth-order valence-corrected chi connectivity index (χ4v) is 1.26. The molecule has 0 bridgehead atoms. The number of carbonyl (C=O) groups excluding carboxylic acids is 2. The summed E-state index contributed by atoms with van der Waals surface area (Å²) in [4.78, 5) is 23.0. The summed E-state index contributed by atoms with van der Waals surface area (Å²) >= 11 is 3.96. The first-order chi connectivity index (χ1) is 4.66. The Labute approximate surface area is 64.8 Å². The molecule has 0 saturated carbocycles. The molecule has 1 aliphatic heterocycles. The molecule has 1 rings (SSSR count). The molecule has 1 unspecified atom stereocenters. The van der Waals surface area contributed by atoms with Crippen LogP contribution < -0.4 is 0 Å². The minimum Gasteiger partial charge on any atom is -0.285 e. The second-order valence-electron chi connectivity index (χ2n) is 2.37. The molecule has 10 heavy (non-hydrogen) atoms.